The molecule has 6 rings (SSSR count). The fraction of sp³-hybridized carbons (Fsp3) is 0.148. The van der Waals surface area contributed by atoms with E-state index in [0.29, 0.717) is 42.9 Å². The lowest BCUT2D eigenvalue weighted by Gasteiger charge is -2.25. The summed E-state index contributed by atoms with van der Waals surface area (Å²) in [6, 6.07) is 23.9. The van der Waals surface area contributed by atoms with Gasteiger partial charge >= 0.3 is 0 Å². The van der Waals surface area contributed by atoms with Gasteiger partial charge in [-0.2, -0.15) is 4.98 Å². The molecule has 0 saturated carbocycles. The highest BCUT2D eigenvalue weighted by Gasteiger charge is 2.27. The first-order valence-electron chi connectivity index (χ1n) is 11.3. The maximum atomic E-state index is 13.3. The van der Waals surface area contributed by atoms with Crippen LogP contribution in [0.3, 0.4) is 0 Å². The lowest BCUT2D eigenvalue weighted by molar-refractivity contribution is 0.00326. The van der Waals surface area contributed by atoms with Gasteiger partial charge in [0.25, 0.3) is 5.89 Å². The van der Waals surface area contributed by atoms with Gasteiger partial charge in [0, 0.05) is 0 Å². The number of nitrogens with zero attached hydrogens (tertiary/aromatic N) is 4. The summed E-state index contributed by atoms with van der Waals surface area (Å²) in [5, 5.41) is 4.19. The Kier molecular flexibility index (Phi) is 5.56. The standard InChI is InChI=1S/C27H21FN4O3/c28-20-12-10-19(11-13-20)24-14-32-17-29-25(22(32)16-34-24)27-30-26(31-35-27)21-8-4-5-9-23(21)33-15-18-6-2-1-3-7-18/h1-13,17,24H,14-16H2. The van der Waals surface area contributed by atoms with Crippen LogP contribution in [0.2, 0.25) is 0 Å². The number of imidazole rings is 1. The van der Waals surface area contributed by atoms with Gasteiger partial charge in [0.2, 0.25) is 5.82 Å². The van der Waals surface area contributed by atoms with Crippen molar-refractivity contribution in [3.8, 4) is 28.7 Å². The van der Waals surface area contributed by atoms with E-state index in [0.717, 1.165) is 22.4 Å². The quantitative estimate of drug-likeness (QED) is 0.323. The van der Waals surface area contributed by atoms with Crippen LogP contribution in [-0.2, 0) is 24.5 Å². The SMILES string of the molecule is Fc1ccc(C2Cn3cnc(-c4nc(-c5ccccc5OCc5ccccc5)no4)c3CO2)cc1. The predicted octanol–water partition coefficient (Wildman–Crippen LogP) is 5.59. The van der Waals surface area contributed by atoms with Crippen LogP contribution in [0.1, 0.15) is 22.9 Å². The Bertz CT molecular complexity index is 1450. The lowest BCUT2D eigenvalue weighted by Crippen LogP contribution is -2.20. The number of benzene rings is 3. The number of hydrogen-bond donors (Lipinski definition) is 0. The molecule has 0 spiro atoms. The molecule has 35 heavy (non-hydrogen) atoms. The predicted molar refractivity (Wildman–Crippen MR) is 126 cm³/mol. The van der Waals surface area contributed by atoms with E-state index >= 15 is 0 Å². The van der Waals surface area contributed by atoms with Crippen molar-refractivity contribution in [1.29, 1.82) is 0 Å². The highest BCUT2D eigenvalue weighted by Crippen LogP contribution is 2.33. The molecule has 174 valence electrons. The smallest absolute Gasteiger partial charge is 0.278 e. The van der Waals surface area contributed by atoms with E-state index < -0.39 is 0 Å². The Hall–Kier alpha value is -4.30. The average Bonchev–Trinajstić information content (AvgIpc) is 3.56. The number of para-hydroxylation sites is 1. The second kappa shape index (κ2) is 9.15. The zero-order chi connectivity index (χ0) is 23.6. The highest BCUT2D eigenvalue weighted by molar-refractivity contribution is 5.65. The second-order valence-corrected chi connectivity index (χ2v) is 8.24. The number of aromatic nitrogens is 4. The van der Waals surface area contributed by atoms with E-state index in [9.17, 15) is 4.39 Å². The Morgan fingerprint density at radius 1 is 0.971 bits per heavy atom. The summed E-state index contributed by atoms with van der Waals surface area (Å²) in [5.41, 5.74) is 4.16. The Balaban J connectivity index is 1.22. The molecule has 0 N–H and O–H groups in total. The molecule has 5 aromatic rings. The molecule has 0 amide bonds. The van der Waals surface area contributed by atoms with E-state index in [1.807, 2.05) is 59.2 Å². The summed E-state index contributed by atoms with van der Waals surface area (Å²) in [4.78, 5) is 9.11. The minimum absolute atomic E-state index is 0.183. The van der Waals surface area contributed by atoms with Crippen LogP contribution in [-0.4, -0.2) is 19.7 Å². The maximum Gasteiger partial charge on any atom is 0.278 e. The topological polar surface area (TPSA) is 75.2 Å². The lowest BCUT2D eigenvalue weighted by atomic mass is 10.1. The molecule has 2 aromatic heterocycles. The molecular formula is C27H21FN4O3. The van der Waals surface area contributed by atoms with Crippen molar-refractivity contribution >= 4 is 0 Å². The zero-order valence-electron chi connectivity index (χ0n) is 18.7. The molecule has 1 aliphatic rings. The molecule has 1 aliphatic heterocycles. The van der Waals surface area contributed by atoms with Gasteiger partial charge < -0.3 is 18.6 Å². The third-order valence-corrected chi connectivity index (χ3v) is 5.97. The van der Waals surface area contributed by atoms with Crippen molar-refractivity contribution in [1.82, 2.24) is 19.7 Å². The van der Waals surface area contributed by atoms with Crippen LogP contribution < -0.4 is 4.74 Å². The monoisotopic (exact) mass is 468 g/mol. The van der Waals surface area contributed by atoms with Gasteiger partial charge in [-0.3, -0.25) is 0 Å². The van der Waals surface area contributed by atoms with Gasteiger partial charge in [-0.1, -0.05) is 59.8 Å². The molecule has 3 heterocycles. The van der Waals surface area contributed by atoms with Crippen LogP contribution in [0.5, 0.6) is 5.75 Å². The van der Waals surface area contributed by atoms with Crippen LogP contribution >= 0.6 is 0 Å². The van der Waals surface area contributed by atoms with Gasteiger partial charge in [-0.25, -0.2) is 9.37 Å². The van der Waals surface area contributed by atoms with Crippen LogP contribution in [0.25, 0.3) is 23.0 Å². The third-order valence-electron chi connectivity index (χ3n) is 5.97. The van der Waals surface area contributed by atoms with Crippen LogP contribution in [0.4, 0.5) is 4.39 Å². The molecule has 0 saturated heterocycles. The van der Waals surface area contributed by atoms with E-state index in [2.05, 4.69) is 15.1 Å². The average molecular weight is 468 g/mol. The first kappa shape index (κ1) is 21.2. The number of hydrogen-bond acceptors (Lipinski definition) is 6. The van der Waals surface area contributed by atoms with Gasteiger partial charge in [0.1, 0.15) is 24.3 Å². The largest absolute Gasteiger partial charge is 0.488 e. The van der Waals surface area contributed by atoms with Crippen molar-refractivity contribution < 1.29 is 18.4 Å². The minimum Gasteiger partial charge on any atom is -0.488 e. The number of ether oxygens (including phenoxy) is 2. The van der Waals surface area contributed by atoms with Crippen molar-refractivity contribution in [2.24, 2.45) is 0 Å². The zero-order valence-corrected chi connectivity index (χ0v) is 18.7. The number of rotatable bonds is 6. The molecule has 0 fully saturated rings. The van der Waals surface area contributed by atoms with Crippen LogP contribution in [0.15, 0.2) is 89.7 Å². The molecule has 0 aliphatic carbocycles. The maximum absolute atomic E-state index is 13.3. The third kappa shape index (κ3) is 4.31. The summed E-state index contributed by atoms with van der Waals surface area (Å²) < 4.78 is 32.9. The first-order chi connectivity index (χ1) is 17.2. The second-order valence-electron chi connectivity index (χ2n) is 8.24. The Labute approximate surface area is 200 Å². The number of halogens is 1. The summed E-state index contributed by atoms with van der Waals surface area (Å²) in [5.74, 6) is 1.14. The summed E-state index contributed by atoms with van der Waals surface area (Å²) in [7, 11) is 0. The van der Waals surface area contributed by atoms with Gasteiger partial charge in [-0.05, 0) is 35.4 Å². The minimum atomic E-state index is -0.269. The molecule has 1 unspecified atom stereocenters. The molecule has 0 radical (unpaired) electrons. The van der Waals surface area contributed by atoms with E-state index in [1.54, 1.807) is 18.5 Å². The fourth-order valence-corrected chi connectivity index (χ4v) is 4.13. The summed E-state index contributed by atoms with van der Waals surface area (Å²) >= 11 is 0. The van der Waals surface area contributed by atoms with E-state index in [4.69, 9.17) is 14.0 Å². The first-order valence-corrected chi connectivity index (χ1v) is 11.3. The normalized spacial score (nSPS) is 15.1. The fourth-order valence-electron chi connectivity index (χ4n) is 4.13. The Morgan fingerprint density at radius 3 is 2.63 bits per heavy atom. The van der Waals surface area contributed by atoms with E-state index in [-0.39, 0.29) is 11.9 Å². The molecule has 7 nitrogen and oxygen atoms in total. The van der Waals surface area contributed by atoms with E-state index in [1.165, 1.54) is 12.1 Å². The van der Waals surface area contributed by atoms with Crippen molar-refractivity contribution in [3.63, 3.8) is 0 Å². The molecule has 0 bridgehead atoms. The van der Waals surface area contributed by atoms with Crippen LogP contribution in [0, 0.1) is 5.82 Å². The molecule has 3 aromatic carbocycles. The van der Waals surface area contributed by atoms with Crippen molar-refractivity contribution in [3.05, 3.63) is 108 Å². The van der Waals surface area contributed by atoms with Gasteiger partial charge in [0.05, 0.1) is 30.7 Å². The summed E-state index contributed by atoms with van der Waals surface area (Å²) in [6.45, 7) is 1.32. The molecule has 8 heteroatoms. The summed E-state index contributed by atoms with van der Waals surface area (Å²) in [6.07, 6.45) is 1.56. The Morgan fingerprint density at radius 2 is 1.77 bits per heavy atom. The van der Waals surface area contributed by atoms with Crippen molar-refractivity contribution in [2.75, 3.05) is 0 Å². The van der Waals surface area contributed by atoms with Crippen molar-refractivity contribution in [2.45, 2.75) is 25.9 Å². The highest BCUT2D eigenvalue weighted by atomic mass is 19.1. The molecule has 1 atom stereocenters. The molecular weight excluding hydrogens is 447 g/mol. The van der Waals surface area contributed by atoms with Gasteiger partial charge in [0.15, 0.2) is 5.69 Å². The number of fused-ring (bicyclic) bond motifs is 1. The van der Waals surface area contributed by atoms with Gasteiger partial charge in [-0.15, -0.1) is 0 Å².